The third kappa shape index (κ3) is 1.93. The Kier molecular flexibility index (Phi) is 2.63. The fraction of sp³-hybridized carbons (Fsp3) is 0. The van der Waals surface area contributed by atoms with Crippen molar-refractivity contribution in [2.45, 2.75) is 0 Å². The van der Waals surface area contributed by atoms with Crippen molar-refractivity contribution in [2.75, 3.05) is 5.32 Å². The van der Waals surface area contributed by atoms with Crippen LogP contribution < -0.4 is 5.32 Å². The van der Waals surface area contributed by atoms with Gasteiger partial charge in [0.1, 0.15) is 23.3 Å². The molecule has 4 aromatic heterocycles. The maximum absolute atomic E-state index is 5.79. The van der Waals surface area contributed by atoms with E-state index in [-0.39, 0.29) is 0 Å². The highest BCUT2D eigenvalue weighted by molar-refractivity contribution is 5.90. The van der Waals surface area contributed by atoms with Crippen LogP contribution in [0.4, 0.5) is 11.5 Å². The Balaban J connectivity index is 1.59. The van der Waals surface area contributed by atoms with E-state index in [0.29, 0.717) is 17.4 Å². The molecule has 4 heterocycles. The van der Waals surface area contributed by atoms with Crippen molar-refractivity contribution in [2.24, 2.45) is 0 Å². The van der Waals surface area contributed by atoms with Crippen molar-refractivity contribution in [1.82, 2.24) is 30.1 Å². The molecule has 0 aliphatic rings. The van der Waals surface area contributed by atoms with Crippen molar-refractivity contribution in [3.8, 4) is 11.6 Å². The molecule has 0 saturated carbocycles. The lowest BCUT2D eigenvalue weighted by molar-refractivity contribution is 0.616. The van der Waals surface area contributed by atoms with E-state index in [1.807, 2.05) is 36.5 Å². The van der Waals surface area contributed by atoms with Gasteiger partial charge >= 0.3 is 0 Å². The van der Waals surface area contributed by atoms with Crippen LogP contribution in [0, 0.1) is 0 Å². The smallest absolute Gasteiger partial charge is 0.250 e. The van der Waals surface area contributed by atoms with E-state index in [2.05, 4.69) is 35.5 Å². The summed E-state index contributed by atoms with van der Waals surface area (Å²) in [5, 5.41) is 11.2. The molecule has 5 rings (SSSR count). The van der Waals surface area contributed by atoms with Gasteiger partial charge in [0.25, 0.3) is 0 Å². The molecule has 1 aromatic carbocycles. The van der Waals surface area contributed by atoms with Gasteiger partial charge in [-0.05, 0) is 18.2 Å². The monoisotopic (exact) mass is 317 g/mol. The molecule has 0 aliphatic carbocycles. The lowest BCUT2D eigenvalue weighted by atomic mass is 10.3. The normalized spacial score (nSPS) is 11.3. The molecule has 0 aliphatic heterocycles. The first-order chi connectivity index (χ1) is 11.9. The van der Waals surface area contributed by atoms with Crippen LogP contribution in [-0.4, -0.2) is 30.1 Å². The Bertz CT molecular complexity index is 1120. The topological polar surface area (TPSA) is 108 Å². The predicted octanol–water partition coefficient (Wildman–Crippen LogP) is 3.23. The van der Waals surface area contributed by atoms with E-state index in [9.17, 15) is 0 Å². The van der Waals surface area contributed by atoms with Crippen LogP contribution in [0.1, 0.15) is 0 Å². The molecule has 8 heteroatoms. The van der Waals surface area contributed by atoms with E-state index in [1.165, 1.54) is 6.33 Å². The van der Waals surface area contributed by atoms with Gasteiger partial charge in [-0.25, -0.2) is 15.0 Å². The van der Waals surface area contributed by atoms with E-state index in [0.717, 1.165) is 27.8 Å². The zero-order chi connectivity index (χ0) is 15.9. The predicted molar refractivity (Wildman–Crippen MR) is 88.8 cm³/mol. The number of fused-ring (bicyclic) bond motifs is 2. The number of para-hydroxylation sites is 2. The fourth-order valence-corrected chi connectivity index (χ4v) is 2.62. The standard InChI is InChI=1S/C16H11N7O/c1-2-4-12-10(3-1)22-16(24-12)13-11(7-20-23-13)21-15-9-5-6-17-14(9)18-8-19-15/h1-8H,(H,20,23)(H2,17,18,19,21). The second kappa shape index (κ2) is 4.92. The van der Waals surface area contributed by atoms with Crippen LogP contribution in [0.3, 0.4) is 0 Å². The number of benzene rings is 1. The molecule has 0 atom stereocenters. The molecule has 5 aromatic rings. The van der Waals surface area contributed by atoms with Crippen LogP contribution in [0.15, 0.2) is 53.5 Å². The van der Waals surface area contributed by atoms with Crippen molar-refractivity contribution < 1.29 is 4.42 Å². The third-order valence-corrected chi connectivity index (χ3v) is 3.74. The zero-order valence-corrected chi connectivity index (χ0v) is 12.3. The number of H-pyrrole nitrogens is 2. The number of aromatic nitrogens is 6. The molecule has 0 radical (unpaired) electrons. The molecule has 0 saturated heterocycles. The minimum atomic E-state index is 0.444. The molecular weight excluding hydrogens is 306 g/mol. The average Bonchev–Trinajstić information content (AvgIpc) is 3.33. The number of nitrogens with zero attached hydrogens (tertiary/aromatic N) is 4. The van der Waals surface area contributed by atoms with Gasteiger partial charge in [-0.15, -0.1) is 0 Å². The maximum Gasteiger partial charge on any atom is 0.250 e. The number of anilines is 2. The van der Waals surface area contributed by atoms with Gasteiger partial charge in [-0.3, -0.25) is 5.10 Å². The second-order valence-corrected chi connectivity index (χ2v) is 5.22. The summed E-state index contributed by atoms with van der Waals surface area (Å²) in [5.41, 5.74) is 3.59. The summed E-state index contributed by atoms with van der Waals surface area (Å²) in [4.78, 5) is 16.0. The van der Waals surface area contributed by atoms with E-state index < -0.39 is 0 Å². The van der Waals surface area contributed by atoms with Crippen LogP contribution in [-0.2, 0) is 0 Å². The fourth-order valence-electron chi connectivity index (χ4n) is 2.62. The van der Waals surface area contributed by atoms with Crippen LogP contribution in [0.25, 0.3) is 33.7 Å². The number of rotatable bonds is 3. The van der Waals surface area contributed by atoms with Gasteiger partial charge < -0.3 is 14.7 Å². The first kappa shape index (κ1) is 12.8. The summed E-state index contributed by atoms with van der Waals surface area (Å²) in [5.74, 6) is 1.12. The van der Waals surface area contributed by atoms with Gasteiger partial charge in [-0.2, -0.15) is 5.10 Å². The van der Waals surface area contributed by atoms with Gasteiger partial charge in [0.15, 0.2) is 11.3 Å². The first-order valence-electron chi connectivity index (χ1n) is 7.33. The lowest BCUT2D eigenvalue weighted by Gasteiger charge is -2.04. The number of hydrogen-bond acceptors (Lipinski definition) is 6. The molecule has 0 spiro atoms. The number of oxazole rings is 1. The summed E-state index contributed by atoms with van der Waals surface area (Å²) in [7, 11) is 0. The summed E-state index contributed by atoms with van der Waals surface area (Å²) < 4.78 is 5.79. The highest BCUT2D eigenvalue weighted by atomic mass is 16.3. The van der Waals surface area contributed by atoms with E-state index in [1.54, 1.807) is 6.20 Å². The number of nitrogens with one attached hydrogen (secondary N) is 3. The Labute approximate surface area is 135 Å². The molecule has 116 valence electrons. The highest BCUT2D eigenvalue weighted by Crippen LogP contribution is 2.31. The lowest BCUT2D eigenvalue weighted by Crippen LogP contribution is -1.95. The minimum Gasteiger partial charge on any atom is -0.435 e. The summed E-state index contributed by atoms with van der Waals surface area (Å²) in [6.07, 6.45) is 5.06. The Morgan fingerprint density at radius 1 is 1.08 bits per heavy atom. The van der Waals surface area contributed by atoms with Gasteiger partial charge in [0.05, 0.1) is 11.1 Å². The Morgan fingerprint density at radius 2 is 2.04 bits per heavy atom. The maximum atomic E-state index is 5.79. The first-order valence-corrected chi connectivity index (χ1v) is 7.33. The van der Waals surface area contributed by atoms with Crippen LogP contribution in [0.5, 0.6) is 0 Å². The zero-order valence-electron chi connectivity index (χ0n) is 12.3. The summed E-state index contributed by atoms with van der Waals surface area (Å²) in [6, 6.07) is 9.51. The SMILES string of the molecule is c1ccc2oc(-c3n[nH]cc3Nc3ncnc4[nH]ccc34)nc2c1. The quantitative estimate of drug-likeness (QED) is 0.471. The van der Waals surface area contributed by atoms with Crippen LogP contribution >= 0.6 is 0 Å². The average molecular weight is 317 g/mol. The number of hydrogen-bond donors (Lipinski definition) is 3. The Hall–Kier alpha value is -3.68. The highest BCUT2D eigenvalue weighted by Gasteiger charge is 2.16. The van der Waals surface area contributed by atoms with Crippen molar-refractivity contribution in [3.05, 3.63) is 49.1 Å². The molecule has 0 fully saturated rings. The largest absolute Gasteiger partial charge is 0.435 e. The number of aromatic amines is 2. The Morgan fingerprint density at radius 3 is 3.00 bits per heavy atom. The minimum absolute atomic E-state index is 0.444. The summed E-state index contributed by atoms with van der Waals surface area (Å²) >= 11 is 0. The third-order valence-electron chi connectivity index (χ3n) is 3.74. The van der Waals surface area contributed by atoms with Crippen molar-refractivity contribution >= 4 is 33.6 Å². The molecule has 8 nitrogen and oxygen atoms in total. The summed E-state index contributed by atoms with van der Waals surface area (Å²) in [6.45, 7) is 0. The molecule has 0 unspecified atom stereocenters. The van der Waals surface area contributed by atoms with E-state index in [4.69, 9.17) is 4.42 Å². The van der Waals surface area contributed by atoms with Crippen molar-refractivity contribution in [1.29, 1.82) is 0 Å². The van der Waals surface area contributed by atoms with Crippen LogP contribution in [0.2, 0.25) is 0 Å². The molecule has 3 N–H and O–H groups in total. The van der Waals surface area contributed by atoms with Gasteiger partial charge in [-0.1, -0.05) is 12.1 Å². The van der Waals surface area contributed by atoms with E-state index >= 15 is 0 Å². The molecule has 0 bridgehead atoms. The van der Waals surface area contributed by atoms with Crippen molar-refractivity contribution in [3.63, 3.8) is 0 Å². The van der Waals surface area contributed by atoms with Gasteiger partial charge in [0, 0.05) is 12.4 Å². The molecular formula is C16H11N7O. The van der Waals surface area contributed by atoms with Gasteiger partial charge in [0.2, 0.25) is 5.89 Å². The molecule has 24 heavy (non-hydrogen) atoms. The second-order valence-electron chi connectivity index (χ2n) is 5.22. The molecule has 0 amide bonds.